The molecule has 0 aliphatic carbocycles. The van der Waals surface area contributed by atoms with Gasteiger partial charge in [0, 0.05) is 29.8 Å². The van der Waals surface area contributed by atoms with Crippen molar-refractivity contribution in [3.05, 3.63) is 82.9 Å². The van der Waals surface area contributed by atoms with Crippen LogP contribution in [0.25, 0.3) is 5.69 Å². The molecule has 0 bridgehead atoms. The highest BCUT2D eigenvalue weighted by molar-refractivity contribution is 7.80. The number of halogens is 3. The Hall–Kier alpha value is -2.87. The SMILES string of the molecule is CCCCN1C(=S)N[C@H](c2ccccn2)[C@@H]1c1cc(C)n(-c2cccc(C(F)(F)F)c2)c1C. The van der Waals surface area contributed by atoms with Crippen LogP contribution in [0.3, 0.4) is 0 Å². The van der Waals surface area contributed by atoms with E-state index in [0.29, 0.717) is 10.8 Å². The lowest BCUT2D eigenvalue weighted by Crippen LogP contribution is -2.30. The molecule has 1 saturated heterocycles. The van der Waals surface area contributed by atoms with Crippen LogP contribution < -0.4 is 5.32 Å². The summed E-state index contributed by atoms with van der Waals surface area (Å²) in [6.07, 6.45) is -0.614. The second-order valence-electron chi connectivity index (χ2n) is 8.38. The van der Waals surface area contributed by atoms with E-state index in [4.69, 9.17) is 12.2 Å². The van der Waals surface area contributed by atoms with Gasteiger partial charge in [-0.05, 0) is 74.4 Å². The van der Waals surface area contributed by atoms with Gasteiger partial charge in [-0.25, -0.2) is 0 Å². The predicted octanol–water partition coefficient (Wildman–Crippen LogP) is 6.28. The molecule has 0 radical (unpaired) electrons. The number of alkyl halides is 3. The van der Waals surface area contributed by atoms with Crippen LogP contribution in [0.2, 0.25) is 0 Å². The van der Waals surface area contributed by atoms with Crippen LogP contribution >= 0.6 is 12.2 Å². The minimum absolute atomic E-state index is 0.107. The van der Waals surface area contributed by atoms with E-state index in [-0.39, 0.29) is 12.1 Å². The highest BCUT2D eigenvalue weighted by Crippen LogP contribution is 2.41. The molecular weight excluding hydrogens is 445 g/mol. The van der Waals surface area contributed by atoms with Gasteiger partial charge in [0.15, 0.2) is 5.11 Å². The molecule has 1 N–H and O–H groups in total. The molecule has 1 aromatic carbocycles. The van der Waals surface area contributed by atoms with Gasteiger partial charge in [-0.3, -0.25) is 4.98 Å². The van der Waals surface area contributed by atoms with Gasteiger partial charge in [-0.15, -0.1) is 0 Å². The Morgan fingerprint density at radius 2 is 1.88 bits per heavy atom. The lowest BCUT2D eigenvalue weighted by Gasteiger charge is -2.28. The first-order chi connectivity index (χ1) is 15.7. The molecule has 2 aromatic heterocycles. The van der Waals surface area contributed by atoms with E-state index in [1.165, 1.54) is 12.1 Å². The maximum absolute atomic E-state index is 13.3. The van der Waals surface area contributed by atoms with Gasteiger partial charge in [0.2, 0.25) is 0 Å². The van der Waals surface area contributed by atoms with Gasteiger partial charge in [0.25, 0.3) is 0 Å². The molecular formula is C25H27F3N4S. The Morgan fingerprint density at radius 1 is 1.09 bits per heavy atom. The second-order valence-corrected chi connectivity index (χ2v) is 8.77. The smallest absolute Gasteiger partial charge is 0.352 e. The normalized spacial score (nSPS) is 18.6. The molecule has 3 heterocycles. The average molecular weight is 473 g/mol. The van der Waals surface area contributed by atoms with Crippen molar-refractivity contribution >= 4 is 17.3 Å². The van der Waals surface area contributed by atoms with Gasteiger partial charge >= 0.3 is 6.18 Å². The summed E-state index contributed by atoms with van der Waals surface area (Å²) in [6.45, 7) is 6.81. The third-order valence-corrected chi connectivity index (χ3v) is 6.52. The molecule has 1 aliphatic rings. The first-order valence-corrected chi connectivity index (χ1v) is 11.5. The van der Waals surface area contributed by atoms with Crippen molar-refractivity contribution in [1.82, 2.24) is 19.8 Å². The van der Waals surface area contributed by atoms with E-state index in [9.17, 15) is 13.2 Å². The van der Waals surface area contributed by atoms with Crippen molar-refractivity contribution in [2.75, 3.05) is 6.54 Å². The van der Waals surface area contributed by atoms with Gasteiger partial charge < -0.3 is 14.8 Å². The molecule has 4 rings (SSSR count). The molecule has 2 atom stereocenters. The molecule has 1 aliphatic heterocycles. The fourth-order valence-electron chi connectivity index (χ4n) is 4.62. The monoisotopic (exact) mass is 472 g/mol. The minimum Gasteiger partial charge on any atom is -0.352 e. The summed E-state index contributed by atoms with van der Waals surface area (Å²) in [5.74, 6) is 0. The predicted molar refractivity (Wildman–Crippen MR) is 127 cm³/mol. The molecule has 3 aromatic rings. The van der Waals surface area contributed by atoms with Crippen molar-refractivity contribution in [3.8, 4) is 5.69 Å². The lowest BCUT2D eigenvalue weighted by atomic mass is 9.96. The van der Waals surface area contributed by atoms with E-state index < -0.39 is 11.7 Å². The van der Waals surface area contributed by atoms with Crippen molar-refractivity contribution in [2.24, 2.45) is 0 Å². The zero-order valence-electron chi connectivity index (χ0n) is 18.9. The summed E-state index contributed by atoms with van der Waals surface area (Å²) >= 11 is 5.70. The molecule has 33 heavy (non-hydrogen) atoms. The topological polar surface area (TPSA) is 33.1 Å². The average Bonchev–Trinajstić information content (AvgIpc) is 3.27. The molecule has 4 nitrogen and oxygen atoms in total. The number of aryl methyl sites for hydroxylation is 1. The molecule has 0 spiro atoms. The number of pyridine rings is 1. The number of thiocarbonyl (C=S) groups is 1. The Morgan fingerprint density at radius 3 is 2.55 bits per heavy atom. The number of benzene rings is 1. The fraction of sp³-hybridized carbons (Fsp3) is 0.360. The number of aromatic nitrogens is 2. The third kappa shape index (κ3) is 4.49. The maximum Gasteiger partial charge on any atom is 0.416 e. The van der Waals surface area contributed by atoms with Crippen LogP contribution in [0.5, 0.6) is 0 Å². The number of rotatable bonds is 6. The van der Waals surface area contributed by atoms with Crippen LogP contribution in [0.15, 0.2) is 54.7 Å². The summed E-state index contributed by atoms with van der Waals surface area (Å²) < 4.78 is 41.9. The first-order valence-electron chi connectivity index (χ1n) is 11.1. The van der Waals surface area contributed by atoms with Crippen LogP contribution in [-0.4, -0.2) is 26.1 Å². The van der Waals surface area contributed by atoms with Crippen LogP contribution in [0, 0.1) is 13.8 Å². The number of hydrogen-bond acceptors (Lipinski definition) is 2. The number of hydrogen-bond donors (Lipinski definition) is 1. The molecule has 0 saturated carbocycles. The molecule has 0 amide bonds. The largest absolute Gasteiger partial charge is 0.416 e. The number of nitrogens with one attached hydrogen (secondary N) is 1. The number of nitrogens with zero attached hydrogens (tertiary/aromatic N) is 3. The molecule has 174 valence electrons. The Balaban J connectivity index is 1.81. The summed E-state index contributed by atoms with van der Waals surface area (Å²) in [6, 6.07) is 13.1. The Kier molecular flexibility index (Phi) is 6.47. The zero-order chi connectivity index (χ0) is 23.8. The van der Waals surface area contributed by atoms with Crippen molar-refractivity contribution in [2.45, 2.75) is 51.9 Å². The highest BCUT2D eigenvalue weighted by atomic mass is 32.1. The van der Waals surface area contributed by atoms with Crippen LogP contribution in [0.1, 0.15) is 60.1 Å². The number of unbranched alkanes of at least 4 members (excludes halogenated alkanes) is 1. The summed E-state index contributed by atoms with van der Waals surface area (Å²) in [5.41, 5.74) is 3.51. The first kappa shape index (κ1) is 23.3. The van der Waals surface area contributed by atoms with Crippen molar-refractivity contribution in [3.63, 3.8) is 0 Å². The Bertz CT molecular complexity index is 1140. The van der Waals surface area contributed by atoms with Crippen molar-refractivity contribution < 1.29 is 13.2 Å². The van der Waals surface area contributed by atoms with E-state index >= 15 is 0 Å². The van der Waals surface area contributed by atoms with Gasteiger partial charge in [0.05, 0.1) is 23.3 Å². The van der Waals surface area contributed by atoms with Crippen LogP contribution in [0.4, 0.5) is 13.2 Å². The summed E-state index contributed by atoms with van der Waals surface area (Å²) in [4.78, 5) is 6.75. The van der Waals surface area contributed by atoms with Crippen LogP contribution in [-0.2, 0) is 6.18 Å². The van der Waals surface area contributed by atoms with Gasteiger partial charge in [0.1, 0.15) is 0 Å². The van der Waals surface area contributed by atoms with E-state index in [2.05, 4.69) is 28.2 Å². The van der Waals surface area contributed by atoms with Gasteiger partial charge in [-0.1, -0.05) is 25.5 Å². The quantitative estimate of drug-likeness (QED) is 0.428. The standard InChI is InChI=1S/C25H27F3N4S/c1-4-5-13-31-23(22(30-24(31)33)21-11-6-7-12-29-21)20-14-16(2)32(17(20)3)19-10-8-9-18(15-19)25(26,27)28/h6-12,14-15,22-23H,4-5,13H2,1-3H3,(H,30,33)/t22-,23+/m1/s1. The third-order valence-electron chi connectivity index (χ3n) is 6.17. The zero-order valence-corrected chi connectivity index (χ0v) is 19.7. The molecule has 8 heteroatoms. The second kappa shape index (κ2) is 9.17. The molecule has 0 unspecified atom stereocenters. The fourth-order valence-corrected chi connectivity index (χ4v) is 4.95. The van der Waals surface area contributed by atoms with E-state index in [1.54, 1.807) is 12.3 Å². The van der Waals surface area contributed by atoms with Crippen molar-refractivity contribution in [1.29, 1.82) is 0 Å². The molecule has 1 fully saturated rings. The van der Waals surface area contributed by atoms with E-state index in [0.717, 1.165) is 48.1 Å². The van der Waals surface area contributed by atoms with Gasteiger partial charge in [-0.2, -0.15) is 13.2 Å². The summed E-state index contributed by atoms with van der Waals surface area (Å²) in [5, 5.41) is 4.11. The van der Waals surface area contributed by atoms with E-state index in [1.807, 2.05) is 36.6 Å². The highest BCUT2D eigenvalue weighted by Gasteiger charge is 2.41. The maximum atomic E-state index is 13.3. The minimum atomic E-state index is -4.39. The lowest BCUT2D eigenvalue weighted by molar-refractivity contribution is -0.137. The summed E-state index contributed by atoms with van der Waals surface area (Å²) in [7, 11) is 0. The Labute approximate surface area is 197 Å².